The predicted molar refractivity (Wildman–Crippen MR) is 88.4 cm³/mol. The molecule has 0 fully saturated rings. The molecule has 2 rings (SSSR count). The summed E-state index contributed by atoms with van der Waals surface area (Å²) in [7, 11) is 0. The van der Waals surface area contributed by atoms with Crippen molar-refractivity contribution >= 4 is 17.3 Å². The van der Waals surface area contributed by atoms with E-state index < -0.39 is 5.97 Å². The maximum atomic E-state index is 10.9. The van der Waals surface area contributed by atoms with Crippen LogP contribution in [0.3, 0.4) is 0 Å². The summed E-state index contributed by atoms with van der Waals surface area (Å²) in [6.45, 7) is 3.72. The van der Waals surface area contributed by atoms with Crippen molar-refractivity contribution in [2.45, 2.75) is 0 Å². The van der Waals surface area contributed by atoms with Gasteiger partial charge in [0.1, 0.15) is 19.0 Å². The second-order valence-electron chi connectivity index (χ2n) is 4.57. The number of nitriles is 1. The van der Waals surface area contributed by atoms with Gasteiger partial charge in [-0.3, -0.25) is 0 Å². The van der Waals surface area contributed by atoms with E-state index >= 15 is 0 Å². The number of nitrogens with zero attached hydrogens (tertiary/aromatic N) is 3. The second kappa shape index (κ2) is 8.86. The summed E-state index contributed by atoms with van der Waals surface area (Å²) in [5.41, 5.74) is 1.91. The topological polar surface area (TPSA) is 84.0 Å². The highest BCUT2D eigenvalue weighted by Crippen LogP contribution is 2.21. The Labute approximate surface area is 139 Å². The van der Waals surface area contributed by atoms with Crippen LogP contribution in [0.2, 0.25) is 0 Å². The molecule has 0 atom stereocenters. The van der Waals surface area contributed by atoms with Gasteiger partial charge in [0.05, 0.1) is 23.0 Å². The third-order valence-corrected chi connectivity index (χ3v) is 2.88. The molecule has 0 bridgehead atoms. The molecule has 0 amide bonds. The van der Waals surface area contributed by atoms with Crippen molar-refractivity contribution in [1.29, 1.82) is 5.26 Å². The average Bonchev–Trinajstić information content (AvgIpc) is 2.64. The van der Waals surface area contributed by atoms with E-state index in [4.69, 9.17) is 14.7 Å². The molecular weight excluding hydrogens is 306 g/mol. The van der Waals surface area contributed by atoms with Crippen molar-refractivity contribution in [2.75, 3.05) is 13.2 Å². The van der Waals surface area contributed by atoms with Gasteiger partial charge in [0, 0.05) is 6.08 Å². The lowest BCUT2D eigenvalue weighted by Crippen LogP contribution is -2.09. The Kier molecular flexibility index (Phi) is 6.24. The fraction of sp³-hybridized carbons (Fsp3) is 0.111. The van der Waals surface area contributed by atoms with Crippen LogP contribution in [-0.4, -0.2) is 19.2 Å². The fourth-order valence-electron chi connectivity index (χ4n) is 1.69. The Morgan fingerprint density at radius 2 is 1.62 bits per heavy atom. The quantitative estimate of drug-likeness (QED) is 0.333. The Morgan fingerprint density at radius 3 is 2.17 bits per heavy atom. The van der Waals surface area contributed by atoms with Crippen LogP contribution in [0.4, 0.5) is 11.4 Å². The summed E-state index contributed by atoms with van der Waals surface area (Å²) in [6, 6.07) is 15.9. The number of ether oxygens (including phenoxy) is 2. The summed E-state index contributed by atoms with van der Waals surface area (Å²) >= 11 is 0. The first-order valence-corrected chi connectivity index (χ1v) is 7.15. The van der Waals surface area contributed by atoms with Crippen LogP contribution in [0.5, 0.6) is 5.75 Å². The number of carbonyl (C=O) groups is 1. The molecule has 2 aromatic carbocycles. The monoisotopic (exact) mass is 321 g/mol. The van der Waals surface area contributed by atoms with E-state index in [2.05, 4.69) is 16.8 Å². The Bertz CT molecular complexity index is 760. The molecule has 0 spiro atoms. The molecule has 0 aliphatic rings. The summed E-state index contributed by atoms with van der Waals surface area (Å²) in [5.74, 6) is 0.166. The van der Waals surface area contributed by atoms with Gasteiger partial charge in [0.15, 0.2) is 0 Å². The smallest absolute Gasteiger partial charge is 0.330 e. The van der Waals surface area contributed by atoms with Crippen molar-refractivity contribution in [3.05, 3.63) is 66.7 Å². The number of esters is 1. The number of benzene rings is 2. The lowest BCUT2D eigenvalue weighted by atomic mass is 10.2. The third kappa shape index (κ3) is 5.39. The molecule has 24 heavy (non-hydrogen) atoms. The van der Waals surface area contributed by atoms with Gasteiger partial charge in [-0.15, -0.1) is 0 Å². The molecule has 6 heteroatoms. The summed E-state index contributed by atoms with van der Waals surface area (Å²) in [4.78, 5) is 10.9. The van der Waals surface area contributed by atoms with Crippen LogP contribution in [0, 0.1) is 11.3 Å². The zero-order valence-electron chi connectivity index (χ0n) is 12.9. The second-order valence-corrected chi connectivity index (χ2v) is 4.57. The van der Waals surface area contributed by atoms with Crippen molar-refractivity contribution in [2.24, 2.45) is 10.2 Å². The van der Waals surface area contributed by atoms with Crippen molar-refractivity contribution in [3.63, 3.8) is 0 Å². The number of azo groups is 1. The lowest BCUT2D eigenvalue weighted by molar-refractivity contribution is -0.138. The van der Waals surface area contributed by atoms with Crippen LogP contribution >= 0.6 is 0 Å². The van der Waals surface area contributed by atoms with Gasteiger partial charge in [-0.25, -0.2) is 4.79 Å². The Hall–Kier alpha value is -3.46. The van der Waals surface area contributed by atoms with Gasteiger partial charge in [0.2, 0.25) is 0 Å². The van der Waals surface area contributed by atoms with Crippen LogP contribution < -0.4 is 4.74 Å². The van der Waals surface area contributed by atoms with E-state index in [0.29, 0.717) is 22.7 Å². The molecule has 0 aromatic heterocycles. The molecule has 0 radical (unpaired) electrons. The SMILES string of the molecule is C=CC(=O)OCCOc1ccc(/N=N/c2ccc(C#N)cc2)cc1. The lowest BCUT2D eigenvalue weighted by Gasteiger charge is -2.06. The normalized spacial score (nSPS) is 10.1. The highest BCUT2D eigenvalue weighted by atomic mass is 16.6. The molecule has 120 valence electrons. The molecular formula is C18H15N3O3. The van der Waals surface area contributed by atoms with Crippen molar-refractivity contribution in [1.82, 2.24) is 0 Å². The number of hydrogen-bond acceptors (Lipinski definition) is 6. The van der Waals surface area contributed by atoms with E-state index in [-0.39, 0.29) is 13.2 Å². The molecule has 0 aliphatic heterocycles. The largest absolute Gasteiger partial charge is 0.490 e. The third-order valence-electron chi connectivity index (χ3n) is 2.88. The maximum Gasteiger partial charge on any atom is 0.330 e. The molecule has 0 N–H and O–H groups in total. The van der Waals surface area contributed by atoms with Gasteiger partial charge in [-0.2, -0.15) is 15.5 Å². The molecule has 2 aromatic rings. The number of rotatable bonds is 7. The van der Waals surface area contributed by atoms with Gasteiger partial charge >= 0.3 is 5.97 Å². The molecule has 6 nitrogen and oxygen atoms in total. The molecule has 0 aliphatic carbocycles. The zero-order chi connectivity index (χ0) is 17.2. The maximum absolute atomic E-state index is 10.9. The van der Waals surface area contributed by atoms with Gasteiger partial charge in [0.25, 0.3) is 0 Å². The predicted octanol–water partition coefficient (Wildman–Crippen LogP) is 4.08. The first kappa shape index (κ1) is 16.9. The van der Waals surface area contributed by atoms with Crippen LogP contribution in [0.1, 0.15) is 5.56 Å². The standard InChI is InChI=1S/C18H15N3O3/c1-2-18(22)24-12-11-23-17-9-7-16(8-10-17)21-20-15-5-3-14(13-19)4-6-15/h2-10H,1,11-12H2/b21-20+. The van der Waals surface area contributed by atoms with Gasteiger partial charge < -0.3 is 9.47 Å². The van der Waals surface area contributed by atoms with Gasteiger partial charge in [-0.05, 0) is 48.5 Å². The number of carbonyl (C=O) groups excluding carboxylic acids is 1. The fourth-order valence-corrected chi connectivity index (χ4v) is 1.69. The highest BCUT2D eigenvalue weighted by Gasteiger charge is 1.98. The summed E-state index contributed by atoms with van der Waals surface area (Å²) in [6.07, 6.45) is 1.10. The van der Waals surface area contributed by atoms with E-state index in [9.17, 15) is 4.79 Å². The van der Waals surface area contributed by atoms with Gasteiger partial charge in [-0.1, -0.05) is 6.58 Å². The average molecular weight is 321 g/mol. The summed E-state index contributed by atoms with van der Waals surface area (Å²) < 4.78 is 10.2. The molecule has 0 saturated heterocycles. The Morgan fingerprint density at radius 1 is 1.04 bits per heavy atom. The van der Waals surface area contributed by atoms with Crippen LogP contribution in [-0.2, 0) is 9.53 Å². The zero-order valence-corrected chi connectivity index (χ0v) is 12.9. The summed E-state index contributed by atoms with van der Waals surface area (Å²) in [5, 5.41) is 16.9. The first-order chi connectivity index (χ1) is 11.7. The molecule has 0 saturated carbocycles. The van der Waals surface area contributed by atoms with E-state index in [1.165, 1.54) is 0 Å². The van der Waals surface area contributed by atoms with E-state index in [1.807, 2.05) is 6.07 Å². The molecule has 0 unspecified atom stereocenters. The minimum atomic E-state index is -0.475. The minimum absolute atomic E-state index is 0.158. The van der Waals surface area contributed by atoms with Crippen LogP contribution in [0.15, 0.2) is 71.4 Å². The van der Waals surface area contributed by atoms with E-state index in [1.54, 1.807) is 48.5 Å². The minimum Gasteiger partial charge on any atom is -0.490 e. The van der Waals surface area contributed by atoms with Crippen molar-refractivity contribution < 1.29 is 14.3 Å². The Balaban J connectivity index is 1.84. The van der Waals surface area contributed by atoms with Crippen LogP contribution in [0.25, 0.3) is 0 Å². The van der Waals surface area contributed by atoms with E-state index in [0.717, 1.165) is 6.08 Å². The number of hydrogen-bond donors (Lipinski definition) is 0. The highest BCUT2D eigenvalue weighted by molar-refractivity contribution is 5.81. The molecule has 0 heterocycles. The first-order valence-electron chi connectivity index (χ1n) is 7.15. The van der Waals surface area contributed by atoms with Crippen molar-refractivity contribution in [3.8, 4) is 11.8 Å².